The van der Waals surface area contributed by atoms with E-state index in [1.165, 1.54) is 6.92 Å². The Morgan fingerprint density at radius 2 is 2.10 bits per heavy atom. The van der Waals surface area contributed by atoms with Gasteiger partial charge >= 0.3 is 0 Å². The molecule has 0 radical (unpaired) electrons. The van der Waals surface area contributed by atoms with Crippen molar-refractivity contribution >= 4 is 5.91 Å². The second-order valence-corrected chi connectivity index (χ2v) is 6.46. The Morgan fingerprint density at radius 1 is 1.50 bits per heavy atom. The largest absolute Gasteiger partial charge is 0.370 e. The monoisotopic (exact) mass is 280 g/mol. The zero-order chi connectivity index (χ0) is 15.5. The van der Waals surface area contributed by atoms with Crippen molar-refractivity contribution in [2.45, 2.75) is 64.8 Å². The number of ether oxygens (including phenoxy) is 1. The van der Waals surface area contributed by atoms with E-state index in [1.807, 2.05) is 0 Å². The first-order valence-corrected chi connectivity index (χ1v) is 7.31. The van der Waals surface area contributed by atoms with Crippen LogP contribution in [0.3, 0.4) is 0 Å². The van der Waals surface area contributed by atoms with Crippen LogP contribution in [0, 0.1) is 11.8 Å². The topological polar surface area (TPSA) is 64.4 Å². The number of amides is 1. The van der Waals surface area contributed by atoms with E-state index in [4.69, 9.17) is 10.5 Å². The van der Waals surface area contributed by atoms with Gasteiger partial charge in [-0.1, -0.05) is 34.3 Å². The minimum Gasteiger partial charge on any atom is -0.370 e. The Morgan fingerprint density at radius 3 is 2.50 bits per heavy atom. The van der Waals surface area contributed by atoms with Crippen LogP contribution in [0.5, 0.6) is 0 Å². The van der Waals surface area contributed by atoms with Gasteiger partial charge in [0.2, 0.25) is 5.91 Å². The van der Waals surface area contributed by atoms with Crippen molar-refractivity contribution in [2.75, 3.05) is 0 Å². The quantitative estimate of drug-likeness (QED) is 0.757. The van der Waals surface area contributed by atoms with Gasteiger partial charge in [0.1, 0.15) is 5.54 Å². The summed E-state index contributed by atoms with van der Waals surface area (Å²) in [7, 11) is 0. The van der Waals surface area contributed by atoms with E-state index < -0.39 is 5.54 Å². The molecule has 0 aromatic heterocycles. The molecule has 4 heteroatoms. The van der Waals surface area contributed by atoms with Gasteiger partial charge in [-0.15, -0.1) is 5.73 Å². The molecule has 4 nitrogen and oxygen atoms in total. The lowest BCUT2D eigenvalue weighted by Crippen LogP contribution is -2.63. The molecule has 114 valence electrons. The molecule has 1 aliphatic rings. The van der Waals surface area contributed by atoms with Gasteiger partial charge in [-0.2, -0.15) is 0 Å². The number of hydrogen-bond donors (Lipinski definition) is 2. The minimum absolute atomic E-state index is 0.0705. The molecular formula is C16H28N2O2. The fourth-order valence-corrected chi connectivity index (χ4v) is 3.10. The zero-order valence-electron chi connectivity index (χ0n) is 13.3. The summed E-state index contributed by atoms with van der Waals surface area (Å²) in [6, 6.07) is -0.296. The van der Waals surface area contributed by atoms with Crippen molar-refractivity contribution in [3.05, 3.63) is 18.4 Å². The van der Waals surface area contributed by atoms with Gasteiger partial charge < -0.3 is 15.8 Å². The Kier molecular flexibility index (Phi) is 5.58. The van der Waals surface area contributed by atoms with E-state index >= 15 is 0 Å². The van der Waals surface area contributed by atoms with Gasteiger partial charge in [0.25, 0.3) is 0 Å². The van der Waals surface area contributed by atoms with E-state index in [1.54, 1.807) is 6.08 Å². The van der Waals surface area contributed by atoms with Crippen molar-refractivity contribution in [1.82, 2.24) is 5.32 Å². The summed E-state index contributed by atoms with van der Waals surface area (Å²) in [6.45, 7) is 13.6. The highest BCUT2D eigenvalue weighted by Crippen LogP contribution is 2.37. The standard InChI is InChI=1S/C16H28N2O2/c1-7-8-16(18-12(6)19)14(17)13(9-10(2)3)20-15(16)11(4)5/h8,10-11,13-15H,1,9,17H2,2-6H3,(H,18,19)/t13-,14-,15+,16?/m1/s1. The van der Waals surface area contributed by atoms with Gasteiger partial charge in [0.05, 0.1) is 18.2 Å². The first kappa shape index (κ1) is 17.0. The third kappa shape index (κ3) is 3.32. The Bertz CT molecular complexity index is 399. The van der Waals surface area contributed by atoms with Crippen molar-refractivity contribution in [2.24, 2.45) is 17.6 Å². The smallest absolute Gasteiger partial charge is 0.217 e. The molecule has 0 saturated carbocycles. The van der Waals surface area contributed by atoms with Crippen LogP contribution in [0.4, 0.5) is 0 Å². The molecule has 1 rings (SSSR count). The van der Waals surface area contributed by atoms with Crippen LogP contribution in [-0.2, 0) is 9.53 Å². The summed E-state index contributed by atoms with van der Waals surface area (Å²) >= 11 is 0. The maximum Gasteiger partial charge on any atom is 0.217 e. The fourth-order valence-electron chi connectivity index (χ4n) is 3.10. The maximum atomic E-state index is 11.6. The first-order valence-electron chi connectivity index (χ1n) is 7.31. The molecule has 1 amide bonds. The van der Waals surface area contributed by atoms with Gasteiger partial charge in [-0.25, -0.2) is 0 Å². The summed E-state index contributed by atoms with van der Waals surface area (Å²) in [4.78, 5) is 11.6. The Hall–Kier alpha value is -1.09. The van der Waals surface area contributed by atoms with Crippen molar-refractivity contribution < 1.29 is 9.53 Å². The normalized spacial score (nSPS) is 33.3. The SMILES string of the molecule is C=C=CC1(NC(C)=O)[C@H](N)[C@@H](CC(C)C)O[C@H]1C(C)C. The molecule has 3 N–H and O–H groups in total. The maximum absolute atomic E-state index is 11.6. The number of carbonyl (C=O) groups excluding carboxylic acids is 1. The van der Waals surface area contributed by atoms with E-state index in [0.29, 0.717) is 5.92 Å². The van der Waals surface area contributed by atoms with Crippen molar-refractivity contribution in [1.29, 1.82) is 0 Å². The Balaban J connectivity index is 3.19. The number of nitrogens with two attached hydrogens (primary N) is 1. The molecule has 1 heterocycles. The summed E-state index contributed by atoms with van der Waals surface area (Å²) < 4.78 is 6.18. The summed E-state index contributed by atoms with van der Waals surface area (Å²) in [5.41, 5.74) is 8.50. The molecule has 1 fully saturated rings. The molecule has 20 heavy (non-hydrogen) atoms. The van der Waals surface area contributed by atoms with Gasteiger partial charge in [-0.3, -0.25) is 4.79 Å². The van der Waals surface area contributed by atoms with Gasteiger partial charge in [0, 0.05) is 6.92 Å². The first-order chi connectivity index (χ1) is 9.24. The molecule has 1 aliphatic heterocycles. The third-order valence-corrected chi connectivity index (χ3v) is 3.79. The molecule has 0 aromatic carbocycles. The minimum atomic E-state index is -0.721. The zero-order valence-corrected chi connectivity index (χ0v) is 13.3. The highest BCUT2D eigenvalue weighted by atomic mass is 16.5. The average Bonchev–Trinajstić information content (AvgIpc) is 2.54. The highest BCUT2D eigenvalue weighted by molar-refractivity contribution is 5.74. The molecule has 0 aromatic rings. The molecule has 0 aliphatic carbocycles. The van der Waals surface area contributed by atoms with Crippen LogP contribution < -0.4 is 11.1 Å². The summed E-state index contributed by atoms with van der Waals surface area (Å²) in [6.07, 6.45) is 2.40. The summed E-state index contributed by atoms with van der Waals surface area (Å²) in [5.74, 6) is 0.598. The number of rotatable bonds is 5. The highest BCUT2D eigenvalue weighted by Gasteiger charge is 2.55. The predicted molar refractivity (Wildman–Crippen MR) is 81.2 cm³/mol. The third-order valence-electron chi connectivity index (χ3n) is 3.79. The molecular weight excluding hydrogens is 252 g/mol. The number of carbonyl (C=O) groups is 1. The summed E-state index contributed by atoms with van der Waals surface area (Å²) in [5, 5.41) is 2.99. The van der Waals surface area contributed by atoms with E-state index in [0.717, 1.165) is 6.42 Å². The average molecular weight is 280 g/mol. The lowest BCUT2D eigenvalue weighted by molar-refractivity contribution is -0.121. The van der Waals surface area contributed by atoms with Crippen molar-refractivity contribution in [3.63, 3.8) is 0 Å². The van der Waals surface area contributed by atoms with Crippen LogP contribution >= 0.6 is 0 Å². The fraction of sp³-hybridized carbons (Fsp3) is 0.750. The van der Waals surface area contributed by atoms with E-state index in [-0.39, 0.29) is 30.1 Å². The van der Waals surface area contributed by atoms with E-state index in [9.17, 15) is 4.79 Å². The van der Waals surface area contributed by atoms with Crippen LogP contribution in [0.1, 0.15) is 41.0 Å². The number of hydrogen-bond acceptors (Lipinski definition) is 3. The van der Waals surface area contributed by atoms with Gasteiger partial charge in [0.15, 0.2) is 0 Å². The van der Waals surface area contributed by atoms with Gasteiger partial charge in [-0.05, 0) is 24.3 Å². The Labute approximate surface area is 122 Å². The van der Waals surface area contributed by atoms with E-state index in [2.05, 4.69) is 45.3 Å². The molecule has 1 unspecified atom stereocenters. The van der Waals surface area contributed by atoms with Crippen LogP contribution in [0.25, 0.3) is 0 Å². The second kappa shape index (κ2) is 6.57. The second-order valence-electron chi connectivity index (χ2n) is 6.46. The molecule has 1 saturated heterocycles. The van der Waals surface area contributed by atoms with Crippen molar-refractivity contribution in [3.8, 4) is 0 Å². The lowest BCUT2D eigenvalue weighted by atomic mass is 9.79. The molecule has 4 atom stereocenters. The van der Waals surface area contributed by atoms with Crippen LogP contribution in [0.15, 0.2) is 18.4 Å². The van der Waals surface area contributed by atoms with Crippen LogP contribution in [-0.4, -0.2) is 29.7 Å². The van der Waals surface area contributed by atoms with Crippen LogP contribution in [0.2, 0.25) is 0 Å². The molecule has 0 bridgehead atoms. The molecule has 0 spiro atoms. The number of nitrogens with one attached hydrogen (secondary N) is 1. The lowest BCUT2D eigenvalue weighted by Gasteiger charge is -2.36. The predicted octanol–water partition coefficient (Wildman–Crippen LogP) is 2.00.